The van der Waals surface area contributed by atoms with E-state index in [0.717, 1.165) is 12.8 Å². The van der Waals surface area contributed by atoms with Crippen molar-refractivity contribution in [2.75, 3.05) is 0 Å². The number of carbonyl (C=O) groups is 2. The minimum absolute atomic E-state index is 0.0786. The highest BCUT2D eigenvalue weighted by atomic mass is 16.4. The third-order valence-corrected chi connectivity index (χ3v) is 3.74. The molecule has 18 heavy (non-hydrogen) atoms. The largest absolute Gasteiger partial charge is 0.481 e. The maximum atomic E-state index is 11.6. The van der Waals surface area contributed by atoms with E-state index in [-0.39, 0.29) is 6.42 Å². The minimum Gasteiger partial charge on any atom is -0.481 e. The van der Waals surface area contributed by atoms with Crippen LogP contribution in [0.3, 0.4) is 0 Å². The normalized spacial score (nSPS) is 20.3. The molecule has 1 rings (SSSR count). The number of carbonyl (C=O) groups excluding carboxylic acids is 1. The Balaban J connectivity index is 2.50. The number of carboxylic acid groups (broad SMARTS) is 1. The maximum absolute atomic E-state index is 11.6. The summed E-state index contributed by atoms with van der Waals surface area (Å²) in [6.07, 6.45) is 6.78. The zero-order valence-electron chi connectivity index (χ0n) is 11.1. The first-order chi connectivity index (χ1) is 8.44. The van der Waals surface area contributed by atoms with E-state index < -0.39 is 17.4 Å². The van der Waals surface area contributed by atoms with Crippen LogP contribution in [0.4, 0.5) is 0 Å². The second kappa shape index (κ2) is 6.73. The predicted molar refractivity (Wildman–Crippen MR) is 69.1 cm³/mol. The molecule has 0 saturated heterocycles. The number of hydrogen-bond acceptors (Lipinski definition) is 3. The smallest absolute Gasteiger partial charge is 0.303 e. The van der Waals surface area contributed by atoms with Crippen molar-refractivity contribution in [2.24, 2.45) is 5.73 Å². The van der Waals surface area contributed by atoms with E-state index in [1.165, 1.54) is 19.3 Å². The summed E-state index contributed by atoms with van der Waals surface area (Å²) in [5, 5.41) is 12.0. The number of nitrogens with two attached hydrogens (primary N) is 1. The van der Waals surface area contributed by atoms with Crippen molar-refractivity contribution in [2.45, 2.75) is 69.9 Å². The van der Waals surface area contributed by atoms with E-state index in [1.807, 2.05) is 0 Å². The van der Waals surface area contributed by atoms with Crippen molar-refractivity contribution in [3.8, 4) is 0 Å². The second-order valence-corrected chi connectivity index (χ2v) is 5.42. The third kappa shape index (κ3) is 4.64. The first-order valence-corrected chi connectivity index (χ1v) is 6.73. The molecule has 0 aromatic carbocycles. The standard InChI is InChI=1S/C13H24N2O3/c1-13(12(14)18,9-5-8-11(16)17)15-10-6-3-2-4-7-10/h10,15H,2-9H2,1H3,(H2,14,18)(H,16,17). The van der Waals surface area contributed by atoms with Crippen molar-refractivity contribution in [1.29, 1.82) is 0 Å². The monoisotopic (exact) mass is 256 g/mol. The molecule has 5 nitrogen and oxygen atoms in total. The molecule has 4 N–H and O–H groups in total. The molecule has 1 aliphatic rings. The summed E-state index contributed by atoms with van der Waals surface area (Å²) < 4.78 is 0. The van der Waals surface area contributed by atoms with Gasteiger partial charge in [-0.1, -0.05) is 19.3 Å². The van der Waals surface area contributed by atoms with Crippen LogP contribution in [0.5, 0.6) is 0 Å². The first-order valence-electron chi connectivity index (χ1n) is 6.73. The lowest BCUT2D eigenvalue weighted by molar-refractivity contribution is -0.137. The van der Waals surface area contributed by atoms with Gasteiger partial charge in [0.2, 0.25) is 5.91 Å². The van der Waals surface area contributed by atoms with Crippen LogP contribution in [0.2, 0.25) is 0 Å². The number of amides is 1. The first kappa shape index (κ1) is 15.0. The Hall–Kier alpha value is -1.10. The Morgan fingerprint density at radius 3 is 2.44 bits per heavy atom. The molecule has 1 amide bonds. The van der Waals surface area contributed by atoms with Gasteiger partial charge in [0, 0.05) is 12.5 Å². The second-order valence-electron chi connectivity index (χ2n) is 5.42. The van der Waals surface area contributed by atoms with Crippen LogP contribution in [0, 0.1) is 0 Å². The highest BCUT2D eigenvalue weighted by Gasteiger charge is 2.33. The minimum atomic E-state index is -0.834. The Labute approximate surface area is 108 Å². The average Bonchev–Trinajstić information content (AvgIpc) is 2.29. The summed E-state index contributed by atoms with van der Waals surface area (Å²) in [6.45, 7) is 1.78. The maximum Gasteiger partial charge on any atom is 0.303 e. The highest BCUT2D eigenvalue weighted by molar-refractivity contribution is 5.84. The Morgan fingerprint density at radius 2 is 1.94 bits per heavy atom. The lowest BCUT2D eigenvalue weighted by Crippen LogP contribution is -2.57. The van der Waals surface area contributed by atoms with Crippen molar-refractivity contribution in [1.82, 2.24) is 5.32 Å². The van der Waals surface area contributed by atoms with Gasteiger partial charge in [-0.25, -0.2) is 0 Å². The Bertz CT molecular complexity index is 301. The van der Waals surface area contributed by atoms with Crippen molar-refractivity contribution in [3.05, 3.63) is 0 Å². The van der Waals surface area contributed by atoms with E-state index in [2.05, 4.69) is 5.32 Å². The van der Waals surface area contributed by atoms with Gasteiger partial charge in [-0.2, -0.15) is 0 Å². The molecule has 1 atom stereocenters. The van der Waals surface area contributed by atoms with E-state index in [0.29, 0.717) is 18.9 Å². The molecular formula is C13H24N2O3. The number of hydrogen-bond donors (Lipinski definition) is 3. The topological polar surface area (TPSA) is 92.4 Å². The number of rotatable bonds is 7. The van der Waals surface area contributed by atoms with E-state index in [9.17, 15) is 9.59 Å². The molecule has 0 heterocycles. The van der Waals surface area contributed by atoms with Crippen LogP contribution in [-0.4, -0.2) is 28.6 Å². The zero-order chi connectivity index (χ0) is 13.6. The van der Waals surface area contributed by atoms with Gasteiger partial charge >= 0.3 is 5.97 Å². The zero-order valence-corrected chi connectivity index (χ0v) is 11.1. The van der Waals surface area contributed by atoms with Gasteiger partial charge in [-0.15, -0.1) is 0 Å². The van der Waals surface area contributed by atoms with Gasteiger partial charge < -0.3 is 16.2 Å². The summed E-state index contributed by atoms with van der Waals surface area (Å²) >= 11 is 0. The third-order valence-electron chi connectivity index (χ3n) is 3.74. The molecule has 0 aromatic rings. The molecule has 0 spiro atoms. The molecule has 0 aromatic heterocycles. The summed E-state index contributed by atoms with van der Waals surface area (Å²) in [5.41, 5.74) is 4.68. The molecule has 1 unspecified atom stereocenters. The summed E-state index contributed by atoms with van der Waals surface area (Å²) in [7, 11) is 0. The number of carboxylic acids is 1. The SMILES string of the molecule is CC(CCCC(=O)O)(NC1CCCCC1)C(N)=O. The van der Waals surface area contributed by atoms with Gasteiger partial charge in [0.15, 0.2) is 0 Å². The lowest BCUT2D eigenvalue weighted by atomic mass is 9.88. The molecule has 1 saturated carbocycles. The Kier molecular flexibility index (Phi) is 5.59. The van der Waals surface area contributed by atoms with Crippen LogP contribution in [0.1, 0.15) is 58.3 Å². The lowest BCUT2D eigenvalue weighted by Gasteiger charge is -2.34. The summed E-state index contributed by atoms with van der Waals surface area (Å²) in [4.78, 5) is 22.1. The van der Waals surface area contributed by atoms with E-state index in [4.69, 9.17) is 10.8 Å². The van der Waals surface area contributed by atoms with Crippen molar-refractivity contribution in [3.63, 3.8) is 0 Å². The van der Waals surface area contributed by atoms with Gasteiger partial charge in [-0.05, 0) is 32.6 Å². The molecule has 5 heteroatoms. The van der Waals surface area contributed by atoms with Gasteiger partial charge in [0.1, 0.15) is 0 Å². The number of primary amides is 1. The quantitative estimate of drug-likeness (QED) is 0.642. The molecule has 1 aliphatic carbocycles. The van der Waals surface area contributed by atoms with Crippen LogP contribution < -0.4 is 11.1 Å². The average molecular weight is 256 g/mol. The van der Waals surface area contributed by atoms with Crippen LogP contribution in [0.25, 0.3) is 0 Å². The fourth-order valence-electron chi connectivity index (χ4n) is 2.56. The summed E-state index contributed by atoms with van der Waals surface area (Å²) in [6, 6.07) is 0.334. The van der Waals surface area contributed by atoms with Gasteiger partial charge in [0.25, 0.3) is 0 Å². The molecular weight excluding hydrogens is 232 g/mol. The van der Waals surface area contributed by atoms with Gasteiger partial charge in [0.05, 0.1) is 5.54 Å². The molecule has 104 valence electrons. The van der Waals surface area contributed by atoms with Crippen molar-refractivity contribution >= 4 is 11.9 Å². The highest BCUT2D eigenvalue weighted by Crippen LogP contribution is 2.22. The Morgan fingerprint density at radius 1 is 1.33 bits per heavy atom. The fraction of sp³-hybridized carbons (Fsp3) is 0.846. The molecule has 1 fully saturated rings. The van der Waals surface area contributed by atoms with Gasteiger partial charge in [-0.3, -0.25) is 9.59 Å². The van der Waals surface area contributed by atoms with Crippen LogP contribution in [0.15, 0.2) is 0 Å². The number of aliphatic carboxylic acids is 1. The van der Waals surface area contributed by atoms with Crippen LogP contribution in [-0.2, 0) is 9.59 Å². The predicted octanol–water partition coefficient (Wildman–Crippen LogP) is 1.41. The molecule has 0 bridgehead atoms. The van der Waals surface area contributed by atoms with E-state index in [1.54, 1.807) is 6.92 Å². The summed E-state index contributed by atoms with van der Waals surface area (Å²) in [5.74, 6) is -1.22. The fourth-order valence-corrected chi connectivity index (χ4v) is 2.56. The van der Waals surface area contributed by atoms with Crippen molar-refractivity contribution < 1.29 is 14.7 Å². The van der Waals surface area contributed by atoms with Crippen LogP contribution >= 0.6 is 0 Å². The number of nitrogens with one attached hydrogen (secondary N) is 1. The molecule has 0 radical (unpaired) electrons. The molecule has 0 aliphatic heterocycles. The van der Waals surface area contributed by atoms with E-state index >= 15 is 0 Å².